The number of hydrogen-bond donors (Lipinski definition) is 1. The third kappa shape index (κ3) is 6.46. The molecule has 6 heteroatoms. The van der Waals surface area contributed by atoms with Gasteiger partial charge in [-0.2, -0.15) is 0 Å². The van der Waals surface area contributed by atoms with Gasteiger partial charge in [0.05, 0.1) is 16.7 Å². The van der Waals surface area contributed by atoms with Crippen molar-refractivity contribution in [2.24, 2.45) is 0 Å². The molecule has 3 heterocycles. The van der Waals surface area contributed by atoms with E-state index >= 15 is 0 Å². The van der Waals surface area contributed by atoms with Crippen LogP contribution >= 0.6 is 11.3 Å². The molecule has 0 atom stereocenters. The Bertz CT molecular complexity index is 3050. The quantitative estimate of drug-likeness (QED) is 0.141. The number of nitrogens with zero attached hydrogens (tertiary/aromatic N) is 2. The molecule has 3 aromatic heterocycles. The van der Waals surface area contributed by atoms with Crippen molar-refractivity contribution in [2.45, 2.75) is 90.4 Å². The maximum absolute atomic E-state index is 11.9. The summed E-state index contributed by atoms with van der Waals surface area (Å²) in [6.07, 6.45) is 8.31. The summed E-state index contributed by atoms with van der Waals surface area (Å²) in [6.45, 7) is 13.1. The molecule has 0 radical (unpaired) electrons. The third-order valence-electron chi connectivity index (χ3n) is 12.2. The Labute approximate surface area is 358 Å². The molecule has 1 fully saturated rings. The van der Waals surface area contributed by atoms with Gasteiger partial charge in [0.25, 0.3) is 0 Å². The summed E-state index contributed by atoms with van der Waals surface area (Å²) in [5, 5.41) is 19.5. The van der Waals surface area contributed by atoms with Crippen molar-refractivity contribution in [3.8, 4) is 38.7 Å². The topological polar surface area (TPSA) is 59.2 Å². The zero-order valence-corrected chi connectivity index (χ0v) is 37.0. The maximum Gasteiger partial charge on any atom is 0.131 e. The predicted octanol–water partition coefficient (Wildman–Crippen LogP) is 15.0. The van der Waals surface area contributed by atoms with Crippen LogP contribution in [0, 0.1) is 6.07 Å². The van der Waals surface area contributed by atoms with Gasteiger partial charge in [0.2, 0.25) is 0 Å². The van der Waals surface area contributed by atoms with Crippen LogP contribution in [0.15, 0.2) is 108 Å². The molecule has 9 aromatic rings. The molecule has 1 saturated carbocycles. The van der Waals surface area contributed by atoms with Crippen LogP contribution in [0.1, 0.15) is 96.3 Å². The molecule has 58 heavy (non-hydrogen) atoms. The van der Waals surface area contributed by atoms with Gasteiger partial charge < -0.3 is 9.52 Å². The van der Waals surface area contributed by atoms with Crippen LogP contribution in [-0.2, 0) is 31.9 Å². The normalized spacial score (nSPS) is 14.2. The maximum atomic E-state index is 11.9. The van der Waals surface area contributed by atoms with Crippen LogP contribution in [0.2, 0.25) is 0 Å². The van der Waals surface area contributed by atoms with Gasteiger partial charge in [0, 0.05) is 54.0 Å². The molecular formula is C52H47N2O2PtS-. The minimum Gasteiger partial charge on any atom is -0.507 e. The van der Waals surface area contributed by atoms with E-state index in [0.717, 1.165) is 81.4 Å². The Kier molecular flexibility index (Phi) is 9.65. The molecule has 294 valence electrons. The summed E-state index contributed by atoms with van der Waals surface area (Å²) in [5.74, 6) is 0.856. The van der Waals surface area contributed by atoms with E-state index in [0.29, 0.717) is 11.7 Å². The van der Waals surface area contributed by atoms with Crippen molar-refractivity contribution < 1.29 is 30.6 Å². The number of phenols is 1. The molecule has 0 unspecified atom stereocenters. The van der Waals surface area contributed by atoms with E-state index in [1.54, 1.807) is 11.3 Å². The van der Waals surface area contributed by atoms with E-state index in [4.69, 9.17) is 14.4 Å². The first kappa shape index (κ1) is 38.7. The van der Waals surface area contributed by atoms with Crippen molar-refractivity contribution in [3.63, 3.8) is 0 Å². The molecule has 0 aliphatic heterocycles. The second-order valence-corrected chi connectivity index (χ2v) is 19.1. The van der Waals surface area contributed by atoms with Crippen LogP contribution < -0.4 is 0 Å². The number of hydrogen-bond acceptors (Lipinski definition) is 5. The van der Waals surface area contributed by atoms with Gasteiger partial charge in [-0.1, -0.05) is 150 Å². The molecule has 0 saturated heterocycles. The van der Waals surface area contributed by atoms with Gasteiger partial charge in [-0.05, 0) is 80.5 Å². The number of benzene rings is 6. The summed E-state index contributed by atoms with van der Waals surface area (Å²) >= 11 is 1.62. The molecule has 4 nitrogen and oxygen atoms in total. The summed E-state index contributed by atoms with van der Waals surface area (Å²) < 4.78 is 8.16. The SMILES string of the molecule is CC(C)(C)c1cc(-c2nc3c(-c4[c-]c(-c5cc(C6CCCCC6)ccn5)cc5c4oc4c6ccccc6c6ccccc6c54)cccc3s2)c(O)c(C(C)(C)C)c1.[Pt]. The van der Waals surface area contributed by atoms with Crippen LogP contribution in [-0.4, -0.2) is 15.1 Å². The molecule has 0 spiro atoms. The predicted molar refractivity (Wildman–Crippen MR) is 240 cm³/mol. The molecule has 0 bridgehead atoms. The fourth-order valence-electron chi connectivity index (χ4n) is 9.13. The fourth-order valence-corrected chi connectivity index (χ4v) is 10.1. The molecule has 1 aliphatic carbocycles. The number of phenolic OH excluding ortho intramolecular Hbond substituents is 1. The van der Waals surface area contributed by atoms with E-state index < -0.39 is 0 Å². The van der Waals surface area contributed by atoms with Crippen LogP contribution in [0.4, 0.5) is 0 Å². The number of fused-ring (bicyclic) bond motifs is 9. The number of pyridine rings is 1. The minimum atomic E-state index is -0.249. The van der Waals surface area contributed by atoms with Crippen molar-refractivity contribution in [2.75, 3.05) is 0 Å². The first-order valence-corrected chi connectivity index (χ1v) is 21.2. The van der Waals surface area contributed by atoms with Crippen LogP contribution in [0.25, 0.3) is 86.7 Å². The van der Waals surface area contributed by atoms with Gasteiger partial charge >= 0.3 is 0 Å². The van der Waals surface area contributed by atoms with Crippen molar-refractivity contribution >= 4 is 65.0 Å². The smallest absolute Gasteiger partial charge is 0.131 e. The van der Waals surface area contributed by atoms with Crippen LogP contribution in [0.5, 0.6) is 5.75 Å². The average Bonchev–Trinajstić information content (AvgIpc) is 3.83. The molecule has 10 rings (SSSR count). The van der Waals surface area contributed by atoms with Gasteiger partial charge in [-0.25, -0.2) is 4.98 Å². The van der Waals surface area contributed by atoms with Crippen molar-refractivity contribution in [3.05, 3.63) is 126 Å². The first-order chi connectivity index (χ1) is 27.4. The van der Waals surface area contributed by atoms with Crippen molar-refractivity contribution in [1.82, 2.24) is 9.97 Å². The van der Waals surface area contributed by atoms with E-state index in [1.165, 1.54) is 54.0 Å². The second kappa shape index (κ2) is 14.5. The number of rotatable bonds is 4. The molecule has 0 amide bonds. The average molecular weight is 959 g/mol. The van der Waals surface area contributed by atoms with E-state index in [2.05, 4.69) is 145 Å². The first-order valence-electron chi connectivity index (χ1n) is 20.4. The Balaban J connectivity index is 0.00000436. The summed E-state index contributed by atoms with van der Waals surface area (Å²) in [7, 11) is 0. The Morgan fingerprint density at radius 3 is 2.14 bits per heavy atom. The van der Waals surface area contributed by atoms with Gasteiger partial charge in [0.15, 0.2) is 0 Å². The Morgan fingerprint density at radius 1 is 0.707 bits per heavy atom. The Hall–Kier alpha value is -4.83. The van der Waals surface area contributed by atoms with Gasteiger partial charge in [0.1, 0.15) is 16.3 Å². The zero-order valence-electron chi connectivity index (χ0n) is 33.9. The second-order valence-electron chi connectivity index (χ2n) is 18.1. The largest absolute Gasteiger partial charge is 0.507 e. The molecule has 1 N–H and O–H groups in total. The molecule has 1 aliphatic rings. The minimum absolute atomic E-state index is 0. The summed E-state index contributed by atoms with van der Waals surface area (Å²) in [5.41, 5.74) is 10.1. The number of aromatic nitrogens is 2. The van der Waals surface area contributed by atoms with E-state index in [9.17, 15) is 5.11 Å². The number of furan rings is 1. The Morgan fingerprint density at radius 2 is 1.41 bits per heavy atom. The summed E-state index contributed by atoms with van der Waals surface area (Å²) in [4.78, 5) is 10.4. The standard InChI is InChI=1S/C52H47N2O2S.Pt/c1-51(2,3)33-28-41(47(55)42(29-33)52(4,5)6)50-54-46-37(21-14-22-44(46)57-50)39-25-32(43-27-31(23-24-53-43)30-15-8-7-9-16-30)26-40-45-36-19-12-10-17-34(36)35-18-11-13-20-38(35)49(45)56-48(39)40;/h10-14,17-24,26-30,55H,7-9,15-16H2,1-6H3;/q-1;. The number of aromatic hydroxyl groups is 1. The van der Waals surface area contributed by atoms with Gasteiger partial charge in [-0.15, -0.1) is 23.5 Å². The van der Waals surface area contributed by atoms with Gasteiger partial charge in [-0.3, -0.25) is 4.98 Å². The van der Waals surface area contributed by atoms with Crippen molar-refractivity contribution in [1.29, 1.82) is 0 Å². The van der Waals surface area contributed by atoms with E-state index in [1.807, 2.05) is 6.20 Å². The number of thiazole rings is 1. The number of para-hydroxylation sites is 1. The van der Waals surface area contributed by atoms with E-state index in [-0.39, 0.29) is 31.9 Å². The fraction of sp³-hybridized carbons (Fsp3) is 0.269. The van der Waals surface area contributed by atoms with Crippen LogP contribution in [0.3, 0.4) is 0 Å². The summed E-state index contributed by atoms with van der Waals surface area (Å²) in [6, 6.07) is 38.5. The monoisotopic (exact) mass is 958 g/mol. The molecule has 6 aromatic carbocycles. The zero-order chi connectivity index (χ0) is 39.2. The molecular weight excluding hydrogens is 912 g/mol. The third-order valence-corrected chi connectivity index (χ3v) is 13.3.